The molecule has 0 aliphatic carbocycles. The van der Waals surface area contributed by atoms with Crippen LogP contribution < -0.4 is 10.6 Å². The summed E-state index contributed by atoms with van der Waals surface area (Å²) in [5.74, 6) is -1.17. The quantitative estimate of drug-likeness (QED) is 0.756. The summed E-state index contributed by atoms with van der Waals surface area (Å²) < 4.78 is 0. The molecule has 2 aromatic rings. The Morgan fingerprint density at radius 2 is 1.64 bits per heavy atom. The summed E-state index contributed by atoms with van der Waals surface area (Å²) in [6.45, 7) is 0. The second-order valence-corrected chi connectivity index (χ2v) is 4.95. The third-order valence-electron chi connectivity index (χ3n) is 2.83. The van der Waals surface area contributed by atoms with Crippen LogP contribution in [-0.2, 0) is 11.2 Å². The van der Waals surface area contributed by atoms with E-state index >= 15 is 0 Å². The number of hydrogen-bond acceptors (Lipinski definition) is 3. The van der Waals surface area contributed by atoms with Crippen LogP contribution in [0.2, 0.25) is 0 Å². The zero-order valence-corrected chi connectivity index (χ0v) is 12.4. The summed E-state index contributed by atoms with van der Waals surface area (Å²) in [7, 11) is 0. The molecule has 22 heavy (non-hydrogen) atoms. The number of carboxylic acid groups (broad SMARTS) is 1. The maximum absolute atomic E-state index is 11.9. The van der Waals surface area contributed by atoms with Gasteiger partial charge in [-0.1, -0.05) is 30.3 Å². The molecular formula is C16H14N2O3S. The van der Waals surface area contributed by atoms with Crippen molar-refractivity contribution in [1.82, 2.24) is 5.32 Å². The smallest absolute Gasteiger partial charge is 0.307 e. The van der Waals surface area contributed by atoms with Crippen molar-refractivity contribution in [2.24, 2.45) is 0 Å². The molecule has 3 N–H and O–H groups in total. The predicted molar refractivity (Wildman–Crippen MR) is 87.9 cm³/mol. The summed E-state index contributed by atoms with van der Waals surface area (Å²) in [6, 6.07) is 15.6. The number of nitrogens with one attached hydrogen (secondary N) is 2. The molecule has 6 heteroatoms. The number of carboxylic acids is 1. The number of carbonyl (C=O) groups excluding carboxylic acids is 1. The van der Waals surface area contributed by atoms with Crippen LogP contribution in [0, 0.1) is 0 Å². The minimum absolute atomic E-state index is 0.0323. The number of anilines is 1. The van der Waals surface area contributed by atoms with Gasteiger partial charge in [0.15, 0.2) is 5.11 Å². The van der Waals surface area contributed by atoms with Gasteiger partial charge >= 0.3 is 5.97 Å². The highest BCUT2D eigenvalue weighted by Crippen LogP contribution is 2.10. The van der Waals surface area contributed by atoms with Gasteiger partial charge in [0.25, 0.3) is 5.91 Å². The summed E-state index contributed by atoms with van der Waals surface area (Å²) in [6.07, 6.45) is -0.0323. The van der Waals surface area contributed by atoms with Crippen LogP contribution in [0.1, 0.15) is 15.9 Å². The highest BCUT2D eigenvalue weighted by Gasteiger charge is 2.07. The van der Waals surface area contributed by atoms with Gasteiger partial charge in [0.1, 0.15) is 0 Å². The minimum Gasteiger partial charge on any atom is -0.481 e. The van der Waals surface area contributed by atoms with Crippen LogP contribution in [0.5, 0.6) is 0 Å². The molecule has 0 saturated heterocycles. The topological polar surface area (TPSA) is 78.4 Å². The van der Waals surface area contributed by atoms with Crippen molar-refractivity contribution >= 4 is 34.9 Å². The van der Waals surface area contributed by atoms with E-state index in [1.165, 1.54) is 0 Å². The van der Waals surface area contributed by atoms with Crippen LogP contribution in [0.4, 0.5) is 5.69 Å². The number of aliphatic carboxylic acids is 1. The van der Waals surface area contributed by atoms with Crippen LogP contribution in [-0.4, -0.2) is 22.1 Å². The van der Waals surface area contributed by atoms with E-state index in [4.69, 9.17) is 17.3 Å². The first-order valence-electron chi connectivity index (χ1n) is 6.53. The Kier molecular flexibility index (Phi) is 5.21. The van der Waals surface area contributed by atoms with Gasteiger partial charge in [-0.15, -0.1) is 0 Å². The fourth-order valence-corrected chi connectivity index (χ4v) is 2.02. The first kappa shape index (κ1) is 15.7. The van der Waals surface area contributed by atoms with E-state index in [2.05, 4.69) is 10.6 Å². The molecule has 0 aliphatic rings. The number of thiocarbonyl (C=S) groups is 1. The normalized spacial score (nSPS) is 9.82. The maximum atomic E-state index is 11.9. The van der Waals surface area contributed by atoms with E-state index in [1.54, 1.807) is 48.5 Å². The Bertz CT molecular complexity index is 684. The largest absolute Gasteiger partial charge is 0.481 e. The van der Waals surface area contributed by atoms with Gasteiger partial charge in [0.05, 0.1) is 6.42 Å². The van der Waals surface area contributed by atoms with Crippen molar-refractivity contribution in [3.63, 3.8) is 0 Å². The van der Waals surface area contributed by atoms with Gasteiger partial charge in [0, 0.05) is 11.3 Å². The highest BCUT2D eigenvalue weighted by atomic mass is 32.1. The molecule has 0 unspecified atom stereocenters. The van der Waals surface area contributed by atoms with E-state index in [1.807, 2.05) is 6.07 Å². The number of hydrogen-bond donors (Lipinski definition) is 3. The zero-order valence-electron chi connectivity index (χ0n) is 11.6. The Hall–Kier alpha value is -2.73. The lowest BCUT2D eigenvalue weighted by Crippen LogP contribution is -2.34. The number of benzene rings is 2. The Balaban J connectivity index is 1.92. The Morgan fingerprint density at radius 3 is 2.23 bits per heavy atom. The second kappa shape index (κ2) is 7.33. The highest BCUT2D eigenvalue weighted by molar-refractivity contribution is 7.80. The molecule has 0 fully saturated rings. The summed E-state index contributed by atoms with van der Waals surface area (Å²) in [4.78, 5) is 22.5. The zero-order chi connectivity index (χ0) is 15.9. The van der Waals surface area contributed by atoms with Gasteiger partial charge in [-0.3, -0.25) is 14.9 Å². The average molecular weight is 314 g/mol. The summed E-state index contributed by atoms with van der Waals surface area (Å²) >= 11 is 5.08. The average Bonchev–Trinajstić information content (AvgIpc) is 2.49. The minimum atomic E-state index is -0.883. The van der Waals surface area contributed by atoms with Gasteiger partial charge in [0.2, 0.25) is 0 Å². The fourth-order valence-electron chi connectivity index (χ4n) is 1.81. The first-order valence-corrected chi connectivity index (χ1v) is 6.93. The molecule has 112 valence electrons. The van der Waals surface area contributed by atoms with Crippen molar-refractivity contribution in [2.75, 3.05) is 5.32 Å². The van der Waals surface area contributed by atoms with E-state index in [-0.39, 0.29) is 17.4 Å². The van der Waals surface area contributed by atoms with Crippen LogP contribution in [0.3, 0.4) is 0 Å². The number of carbonyl (C=O) groups is 2. The summed E-state index contributed by atoms with van der Waals surface area (Å²) in [5.41, 5.74) is 1.88. The molecule has 0 bridgehead atoms. The van der Waals surface area contributed by atoms with Crippen molar-refractivity contribution in [1.29, 1.82) is 0 Å². The maximum Gasteiger partial charge on any atom is 0.307 e. The molecule has 0 aliphatic heterocycles. The van der Waals surface area contributed by atoms with Crippen LogP contribution in [0.15, 0.2) is 54.6 Å². The van der Waals surface area contributed by atoms with Crippen LogP contribution in [0.25, 0.3) is 0 Å². The Labute approximate surface area is 133 Å². The monoisotopic (exact) mass is 314 g/mol. The van der Waals surface area contributed by atoms with Crippen molar-refractivity contribution in [3.8, 4) is 0 Å². The second-order valence-electron chi connectivity index (χ2n) is 4.54. The molecule has 2 rings (SSSR count). The van der Waals surface area contributed by atoms with Crippen LogP contribution >= 0.6 is 12.2 Å². The molecule has 0 heterocycles. The summed E-state index contributed by atoms with van der Waals surface area (Å²) in [5, 5.41) is 14.3. The first-order chi connectivity index (χ1) is 10.5. The Morgan fingerprint density at radius 1 is 1.00 bits per heavy atom. The van der Waals surface area contributed by atoms with E-state index in [0.717, 1.165) is 0 Å². The lowest BCUT2D eigenvalue weighted by molar-refractivity contribution is -0.136. The molecule has 1 amide bonds. The lowest BCUT2D eigenvalue weighted by Gasteiger charge is -2.10. The van der Waals surface area contributed by atoms with Crippen molar-refractivity contribution in [2.45, 2.75) is 6.42 Å². The van der Waals surface area contributed by atoms with E-state index in [9.17, 15) is 9.59 Å². The predicted octanol–water partition coefficient (Wildman–Crippen LogP) is 2.44. The molecule has 0 spiro atoms. The van der Waals surface area contributed by atoms with Gasteiger partial charge in [-0.25, -0.2) is 0 Å². The standard InChI is InChI=1S/C16H14N2O3S/c19-14(20)10-11-6-8-13(9-7-11)17-16(22)18-15(21)12-4-2-1-3-5-12/h1-9H,10H2,(H,19,20)(H2,17,18,21,22). The molecule has 5 nitrogen and oxygen atoms in total. The third kappa shape index (κ3) is 4.68. The van der Waals surface area contributed by atoms with E-state index in [0.29, 0.717) is 16.8 Å². The molecular weight excluding hydrogens is 300 g/mol. The van der Waals surface area contributed by atoms with Gasteiger partial charge in [-0.2, -0.15) is 0 Å². The lowest BCUT2D eigenvalue weighted by atomic mass is 10.1. The van der Waals surface area contributed by atoms with Gasteiger partial charge in [-0.05, 0) is 42.0 Å². The number of amides is 1. The van der Waals surface area contributed by atoms with Crippen molar-refractivity contribution < 1.29 is 14.7 Å². The molecule has 0 saturated carbocycles. The third-order valence-corrected chi connectivity index (χ3v) is 3.03. The van der Waals surface area contributed by atoms with Crippen molar-refractivity contribution in [3.05, 3.63) is 65.7 Å². The molecule has 0 radical (unpaired) electrons. The van der Waals surface area contributed by atoms with E-state index < -0.39 is 5.97 Å². The van der Waals surface area contributed by atoms with Gasteiger partial charge < -0.3 is 10.4 Å². The molecule has 0 aromatic heterocycles. The number of rotatable bonds is 4. The molecule has 0 atom stereocenters. The SMILES string of the molecule is O=C(O)Cc1ccc(NC(=S)NC(=O)c2ccccc2)cc1. The molecule has 2 aromatic carbocycles. The fraction of sp³-hybridized carbons (Fsp3) is 0.0625.